The first-order valence-electron chi connectivity index (χ1n) is 13.2. The van der Waals surface area contributed by atoms with Gasteiger partial charge >= 0.3 is 0 Å². The van der Waals surface area contributed by atoms with Crippen molar-refractivity contribution in [3.63, 3.8) is 0 Å². The third-order valence-corrected chi connectivity index (χ3v) is 6.03. The van der Waals surface area contributed by atoms with Crippen LogP contribution in [0, 0.1) is 20.8 Å². The number of benzene rings is 3. The van der Waals surface area contributed by atoms with Crippen molar-refractivity contribution in [3.05, 3.63) is 65.2 Å². The van der Waals surface area contributed by atoms with Crippen LogP contribution in [0.3, 0.4) is 0 Å². The van der Waals surface area contributed by atoms with E-state index in [9.17, 15) is 4.79 Å². The van der Waals surface area contributed by atoms with Gasteiger partial charge in [0, 0.05) is 35.6 Å². The summed E-state index contributed by atoms with van der Waals surface area (Å²) >= 11 is 0. The summed E-state index contributed by atoms with van der Waals surface area (Å²) in [5.41, 5.74) is 10.0. The van der Waals surface area contributed by atoms with Crippen molar-refractivity contribution in [3.8, 4) is 28.0 Å². The molecule has 5 nitrogen and oxygen atoms in total. The summed E-state index contributed by atoms with van der Waals surface area (Å²) in [6.07, 6.45) is 1.68. The molecule has 37 heavy (non-hydrogen) atoms. The largest absolute Gasteiger partial charge is 0.485 e. The maximum Gasteiger partial charge on any atom is 0.157 e. The summed E-state index contributed by atoms with van der Waals surface area (Å²) in [5.74, 6) is 0.772. The molecular weight excluding hydrogens is 460 g/mol. The third kappa shape index (κ3) is 8.09. The molecule has 3 aromatic rings. The number of aliphatic hydroxyl groups excluding tert-OH is 1. The van der Waals surface area contributed by atoms with Gasteiger partial charge in [0.2, 0.25) is 0 Å². The Morgan fingerprint density at radius 2 is 1.16 bits per heavy atom. The molecule has 3 rings (SSSR count). The molecule has 0 heterocycles. The van der Waals surface area contributed by atoms with E-state index < -0.39 is 0 Å². The van der Waals surface area contributed by atoms with Gasteiger partial charge in [0.05, 0.1) is 0 Å². The van der Waals surface area contributed by atoms with Gasteiger partial charge in [-0.25, -0.2) is 0 Å². The molecule has 0 bridgehead atoms. The van der Waals surface area contributed by atoms with Crippen LogP contribution in [0.1, 0.15) is 57.7 Å². The molecule has 0 radical (unpaired) electrons. The van der Waals surface area contributed by atoms with E-state index in [0.717, 1.165) is 63.2 Å². The van der Waals surface area contributed by atoms with Gasteiger partial charge in [0.15, 0.2) is 6.29 Å². The van der Waals surface area contributed by atoms with E-state index in [2.05, 4.69) is 108 Å². The summed E-state index contributed by atoms with van der Waals surface area (Å²) < 4.78 is 6.04. The van der Waals surface area contributed by atoms with Crippen molar-refractivity contribution >= 4 is 17.7 Å². The smallest absolute Gasteiger partial charge is 0.157 e. The molecule has 200 valence electrons. The molecule has 0 aliphatic rings. The fraction of sp³-hybridized carbons (Fsp3) is 0.406. The monoisotopic (exact) mass is 504 g/mol. The van der Waals surface area contributed by atoms with Crippen LogP contribution in [0.5, 0.6) is 5.75 Å². The summed E-state index contributed by atoms with van der Waals surface area (Å²) in [6.45, 7) is 17.2. The second kappa shape index (κ2) is 14.4. The zero-order valence-corrected chi connectivity index (χ0v) is 23.7. The Hall–Kier alpha value is -3.31. The Kier molecular flexibility index (Phi) is 11.7. The molecule has 0 amide bonds. The number of carbonyl (C=O) groups is 1. The van der Waals surface area contributed by atoms with Gasteiger partial charge in [-0.05, 0) is 113 Å². The van der Waals surface area contributed by atoms with Crippen molar-refractivity contribution < 1.29 is 14.6 Å². The molecule has 0 saturated heterocycles. The lowest BCUT2D eigenvalue weighted by atomic mass is 9.86. The van der Waals surface area contributed by atoms with Gasteiger partial charge in [-0.2, -0.15) is 0 Å². The van der Waals surface area contributed by atoms with Crippen LogP contribution in [0.15, 0.2) is 48.5 Å². The molecular formula is C32H44N2O3. The fourth-order valence-corrected chi connectivity index (χ4v) is 4.34. The molecule has 0 atom stereocenters. The number of carbonyl (C=O) groups excluding carboxylic acids is 1. The normalized spacial score (nSPS) is 10.7. The fourth-order valence-electron chi connectivity index (χ4n) is 4.34. The molecule has 0 spiro atoms. The van der Waals surface area contributed by atoms with E-state index in [1.54, 1.807) is 0 Å². The minimum Gasteiger partial charge on any atom is -0.485 e. The molecule has 0 aliphatic heterocycles. The number of aldehydes is 1. The predicted octanol–water partition coefficient (Wildman–Crippen LogP) is 7.55. The molecule has 3 aromatic carbocycles. The third-order valence-electron chi connectivity index (χ3n) is 6.03. The standard InChI is InChI=1S/C29H36N2O2.C3H8O/c1-18(2)30-25-12-8-23(9-13-25)27-20(5)21(6)28(29(22(27)7)33-17-16-32)24-10-14-26(15-11-24)31-19(3)4;1-2-3-4/h8-16,18-19,30-31H,17H2,1-7H3;4H,2-3H2,1H3. The predicted molar refractivity (Wildman–Crippen MR) is 158 cm³/mol. The lowest BCUT2D eigenvalue weighted by molar-refractivity contribution is -0.109. The molecule has 0 saturated carbocycles. The average molecular weight is 505 g/mol. The van der Waals surface area contributed by atoms with E-state index in [1.807, 2.05) is 6.92 Å². The molecule has 3 N–H and O–H groups in total. The molecule has 0 fully saturated rings. The average Bonchev–Trinajstić information content (AvgIpc) is 2.86. The first-order chi connectivity index (χ1) is 17.6. The SMILES string of the molecule is CCCO.Cc1c(C)c(-c2ccc(NC(C)C)cc2)c(OCC=O)c(C)c1-c1ccc(NC(C)C)cc1. The highest BCUT2D eigenvalue weighted by atomic mass is 16.5. The Morgan fingerprint density at radius 1 is 0.757 bits per heavy atom. The van der Waals surface area contributed by atoms with Gasteiger partial charge in [-0.1, -0.05) is 31.2 Å². The quantitative estimate of drug-likeness (QED) is 0.249. The highest BCUT2D eigenvalue weighted by Gasteiger charge is 2.21. The van der Waals surface area contributed by atoms with Crippen LogP contribution < -0.4 is 15.4 Å². The first-order valence-corrected chi connectivity index (χ1v) is 13.2. The summed E-state index contributed by atoms with van der Waals surface area (Å²) in [4.78, 5) is 11.2. The number of ether oxygens (including phenoxy) is 1. The Bertz CT molecular complexity index is 1130. The second-order valence-corrected chi connectivity index (χ2v) is 9.91. The van der Waals surface area contributed by atoms with E-state index in [0.29, 0.717) is 18.7 Å². The number of rotatable bonds is 10. The first kappa shape index (κ1) is 29.9. The molecule has 0 unspecified atom stereocenters. The van der Waals surface area contributed by atoms with E-state index in [4.69, 9.17) is 9.84 Å². The van der Waals surface area contributed by atoms with Crippen LogP contribution in [-0.2, 0) is 4.79 Å². The second-order valence-electron chi connectivity index (χ2n) is 9.91. The molecule has 5 heteroatoms. The van der Waals surface area contributed by atoms with Crippen LogP contribution >= 0.6 is 0 Å². The van der Waals surface area contributed by atoms with E-state index >= 15 is 0 Å². The van der Waals surface area contributed by atoms with Gasteiger partial charge in [-0.15, -0.1) is 0 Å². The van der Waals surface area contributed by atoms with Gasteiger partial charge in [-0.3, -0.25) is 4.79 Å². The Balaban J connectivity index is 0.00000112. The van der Waals surface area contributed by atoms with Crippen LogP contribution in [0.4, 0.5) is 11.4 Å². The summed E-state index contributed by atoms with van der Waals surface area (Å²) in [6, 6.07) is 17.7. The topological polar surface area (TPSA) is 70.6 Å². The van der Waals surface area contributed by atoms with E-state index in [-0.39, 0.29) is 6.61 Å². The van der Waals surface area contributed by atoms with Crippen LogP contribution in [-0.4, -0.2) is 36.7 Å². The van der Waals surface area contributed by atoms with Gasteiger partial charge < -0.3 is 20.5 Å². The van der Waals surface area contributed by atoms with Crippen molar-refractivity contribution in [1.29, 1.82) is 0 Å². The number of hydrogen-bond donors (Lipinski definition) is 3. The van der Waals surface area contributed by atoms with Crippen molar-refractivity contribution in [2.24, 2.45) is 0 Å². The lowest BCUT2D eigenvalue weighted by Gasteiger charge is -2.23. The minimum atomic E-state index is 0.0278. The molecule has 0 aromatic heterocycles. The maximum atomic E-state index is 11.2. The van der Waals surface area contributed by atoms with E-state index in [1.165, 1.54) is 5.56 Å². The number of nitrogens with one attached hydrogen (secondary N) is 2. The Morgan fingerprint density at radius 3 is 1.54 bits per heavy atom. The number of anilines is 2. The summed E-state index contributed by atoms with van der Waals surface area (Å²) in [5, 5.41) is 14.8. The highest BCUT2D eigenvalue weighted by molar-refractivity contribution is 5.86. The zero-order valence-electron chi connectivity index (χ0n) is 23.7. The van der Waals surface area contributed by atoms with Crippen molar-refractivity contribution in [2.45, 2.75) is 73.9 Å². The lowest BCUT2D eigenvalue weighted by Crippen LogP contribution is -2.09. The Labute approximate surface area is 223 Å². The van der Waals surface area contributed by atoms with Crippen LogP contribution in [0.25, 0.3) is 22.3 Å². The number of aliphatic hydroxyl groups is 1. The maximum absolute atomic E-state index is 11.2. The summed E-state index contributed by atoms with van der Waals surface area (Å²) in [7, 11) is 0. The molecule has 0 aliphatic carbocycles. The zero-order chi connectivity index (χ0) is 27.5. The van der Waals surface area contributed by atoms with Crippen molar-refractivity contribution in [1.82, 2.24) is 0 Å². The van der Waals surface area contributed by atoms with Gasteiger partial charge in [0.1, 0.15) is 12.4 Å². The van der Waals surface area contributed by atoms with Crippen LogP contribution in [0.2, 0.25) is 0 Å². The highest BCUT2D eigenvalue weighted by Crippen LogP contribution is 2.44. The van der Waals surface area contributed by atoms with Crippen molar-refractivity contribution in [2.75, 3.05) is 23.8 Å². The minimum absolute atomic E-state index is 0.0278. The van der Waals surface area contributed by atoms with Gasteiger partial charge in [0.25, 0.3) is 0 Å². The number of hydrogen-bond acceptors (Lipinski definition) is 5.